The molecule has 33 heavy (non-hydrogen) atoms. The summed E-state index contributed by atoms with van der Waals surface area (Å²) in [4.78, 5) is 21.0. The van der Waals surface area contributed by atoms with E-state index in [1.807, 2.05) is 60.4 Å². The molecule has 0 aliphatic heterocycles. The fourth-order valence-electron chi connectivity index (χ4n) is 3.51. The van der Waals surface area contributed by atoms with Crippen molar-refractivity contribution in [1.82, 2.24) is 9.88 Å². The predicted molar refractivity (Wildman–Crippen MR) is 129 cm³/mol. The molecule has 0 unspecified atom stereocenters. The van der Waals surface area contributed by atoms with Gasteiger partial charge in [0, 0.05) is 36.8 Å². The van der Waals surface area contributed by atoms with Crippen molar-refractivity contribution in [3.8, 4) is 5.75 Å². The van der Waals surface area contributed by atoms with E-state index < -0.39 is 0 Å². The molecule has 0 fully saturated rings. The van der Waals surface area contributed by atoms with Gasteiger partial charge in [-0.25, -0.2) is 4.39 Å². The Morgan fingerprint density at radius 1 is 0.939 bits per heavy atom. The van der Waals surface area contributed by atoms with E-state index in [9.17, 15) is 9.18 Å². The molecule has 0 aliphatic carbocycles. The minimum atomic E-state index is -0.240. The minimum absolute atomic E-state index is 0.00698. The highest BCUT2D eigenvalue weighted by molar-refractivity contribution is 7.13. The number of hydrogen-bond acceptors (Lipinski definition) is 4. The molecule has 0 spiro atoms. The Bertz CT molecular complexity index is 1190. The van der Waals surface area contributed by atoms with E-state index in [1.54, 1.807) is 24.5 Å². The molecule has 6 heteroatoms. The number of ether oxygens (including phenoxy) is 1. The zero-order valence-electron chi connectivity index (χ0n) is 18.4. The Morgan fingerprint density at radius 3 is 2.42 bits per heavy atom. The first-order chi connectivity index (χ1) is 16.1. The largest absolute Gasteiger partial charge is 0.493 e. The molecule has 4 nitrogen and oxygen atoms in total. The zero-order chi connectivity index (χ0) is 23.0. The molecule has 0 atom stereocenters. The van der Waals surface area contributed by atoms with E-state index in [2.05, 4.69) is 4.98 Å². The van der Waals surface area contributed by atoms with Gasteiger partial charge >= 0.3 is 0 Å². The Morgan fingerprint density at radius 2 is 1.70 bits per heavy atom. The summed E-state index contributed by atoms with van der Waals surface area (Å²) in [7, 11) is 0. The number of aryl methyl sites for hydroxylation is 1. The third-order valence-electron chi connectivity index (χ3n) is 5.21. The molecule has 168 valence electrons. The first kappa shape index (κ1) is 22.7. The quantitative estimate of drug-likeness (QED) is 0.305. The molecule has 0 radical (unpaired) electrons. The lowest BCUT2D eigenvalue weighted by atomic mass is 10.1. The fraction of sp³-hybridized carbons (Fsp3) is 0.185. The Kier molecular flexibility index (Phi) is 7.47. The van der Waals surface area contributed by atoms with Gasteiger partial charge in [0.1, 0.15) is 11.6 Å². The minimum Gasteiger partial charge on any atom is -0.493 e. The number of halogens is 1. The first-order valence-electron chi connectivity index (χ1n) is 10.8. The number of hydrogen-bond donors (Lipinski definition) is 0. The maximum Gasteiger partial charge on any atom is 0.264 e. The molecule has 0 bridgehead atoms. The summed E-state index contributed by atoms with van der Waals surface area (Å²) in [6.07, 6.45) is 4.17. The Balaban J connectivity index is 1.44. The van der Waals surface area contributed by atoms with Crippen LogP contribution in [-0.4, -0.2) is 22.4 Å². The van der Waals surface area contributed by atoms with Crippen LogP contribution in [0.4, 0.5) is 4.39 Å². The van der Waals surface area contributed by atoms with E-state index in [-0.39, 0.29) is 11.7 Å². The van der Waals surface area contributed by atoms with Gasteiger partial charge in [0.15, 0.2) is 0 Å². The summed E-state index contributed by atoms with van der Waals surface area (Å²) in [6.45, 7) is 3.45. The van der Waals surface area contributed by atoms with E-state index in [1.165, 1.54) is 23.5 Å². The summed E-state index contributed by atoms with van der Waals surface area (Å²) in [5.74, 6) is 0.515. The lowest BCUT2D eigenvalue weighted by Crippen LogP contribution is -2.29. The van der Waals surface area contributed by atoms with Gasteiger partial charge in [-0.2, -0.15) is 0 Å². The molecule has 2 heterocycles. The van der Waals surface area contributed by atoms with Crippen LogP contribution in [0.2, 0.25) is 0 Å². The van der Waals surface area contributed by atoms with Gasteiger partial charge in [0.05, 0.1) is 11.5 Å². The van der Waals surface area contributed by atoms with Crippen molar-refractivity contribution in [2.75, 3.05) is 6.61 Å². The molecule has 1 amide bonds. The van der Waals surface area contributed by atoms with Gasteiger partial charge in [-0.3, -0.25) is 9.78 Å². The summed E-state index contributed by atoms with van der Waals surface area (Å²) in [6, 6.07) is 22.0. The first-order valence-corrected chi connectivity index (χ1v) is 11.6. The Hall–Kier alpha value is -3.51. The molecular formula is C27H25FN2O2S. The maximum atomic E-state index is 13.3. The van der Waals surface area contributed by atoms with Crippen LogP contribution < -0.4 is 4.74 Å². The molecule has 2 aromatic heterocycles. The second-order valence-electron chi connectivity index (χ2n) is 7.80. The van der Waals surface area contributed by atoms with E-state index in [4.69, 9.17) is 4.74 Å². The third-order valence-corrected chi connectivity index (χ3v) is 6.19. The molecule has 4 rings (SSSR count). The topological polar surface area (TPSA) is 42.4 Å². The number of aromatic nitrogens is 1. The van der Waals surface area contributed by atoms with Crippen molar-refractivity contribution in [3.05, 3.63) is 117 Å². The van der Waals surface area contributed by atoms with Crippen molar-refractivity contribution in [2.45, 2.75) is 26.4 Å². The van der Waals surface area contributed by atoms with E-state index in [0.717, 1.165) is 32.2 Å². The van der Waals surface area contributed by atoms with Crippen molar-refractivity contribution >= 4 is 17.2 Å². The summed E-state index contributed by atoms with van der Waals surface area (Å²) >= 11 is 1.51. The molecule has 0 saturated carbocycles. The van der Waals surface area contributed by atoms with Gasteiger partial charge in [-0.1, -0.05) is 24.3 Å². The molecule has 0 saturated heterocycles. The molecular weight excluding hydrogens is 435 g/mol. The van der Waals surface area contributed by atoms with Crippen molar-refractivity contribution < 1.29 is 13.9 Å². The van der Waals surface area contributed by atoms with Crippen LogP contribution >= 0.6 is 11.3 Å². The zero-order valence-corrected chi connectivity index (χ0v) is 19.2. The van der Waals surface area contributed by atoms with Gasteiger partial charge in [-0.15, -0.1) is 11.3 Å². The van der Waals surface area contributed by atoms with Gasteiger partial charge in [0.2, 0.25) is 0 Å². The van der Waals surface area contributed by atoms with Crippen molar-refractivity contribution in [3.63, 3.8) is 0 Å². The summed E-state index contributed by atoms with van der Waals surface area (Å²) in [5.41, 5.74) is 3.04. The normalized spacial score (nSPS) is 10.7. The van der Waals surface area contributed by atoms with E-state index >= 15 is 0 Å². The van der Waals surface area contributed by atoms with Crippen LogP contribution in [0.15, 0.2) is 85.2 Å². The van der Waals surface area contributed by atoms with Crippen LogP contribution in [-0.2, 0) is 19.5 Å². The number of thiophene rings is 1. The highest BCUT2D eigenvalue weighted by Gasteiger charge is 2.18. The number of nitrogens with zero attached hydrogens (tertiary/aromatic N) is 2. The SMILES string of the molecule is Cc1ccc(C(=O)N(Cc2ccncc2)Cc2cccc(OCCc3ccc(F)cc3)c2)s1. The van der Waals surface area contributed by atoms with E-state index in [0.29, 0.717) is 26.1 Å². The van der Waals surface area contributed by atoms with Gasteiger partial charge in [0.25, 0.3) is 5.91 Å². The number of pyridine rings is 1. The van der Waals surface area contributed by atoms with Gasteiger partial charge < -0.3 is 9.64 Å². The Labute approximate surface area is 197 Å². The summed E-state index contributed by atoms with van der Waals surface area (Å²) < 4.78 is 19.0. The highest BCUT2D eigenvalue weighted by Crippen LogP contribution is 2.22. The second-order valence-corrected chi connectivity index (χ2v) is 9.09. The van der Waals surface area contributed by atoms with Crippen LogP contribution in [0.5, 0.6) is 5.75 Å². The standard InChI is InChI=1S/C27H25FN2O2S/c1-20-5-10-26(33-20)27(31)30(18-22-11-14-29-15-12-22)19-23-3-2-4-25(17-23)32-16-13-21-6-8-24(28)9-7-21/h2-12,14-15,17H,13,16,18-19H2,1H3. The highest BCUT2D eigenvalue weighted by atomic mass is 32.1. The number of carbonyl (C=O) groups is 1. The van der Waals surface area contributed by atoms with Crippen LogP contribution in [0, 0.1) is 12.7 Å². The monoisotopic (exact) mass is 460 g/mol. The third kappa shape index (κ3) is 6.49. The fourth-order valence-corrected chi connectivity index (χ4v) is 4.34. The van der Waals surface area contributed by atoms with Crippen molar-refractivity contribution in [2.24, 2.45) is 0 Å². The van der Waals surface area contributed by atoms with Crippen molar-refractivity contribution in [1.29, 1.82) is 0 Å². The summed E-state index contributed by atoms with van der Waals surface area (Å²) in [5, 5.41) is 0. The molecule has 4 aromatic rings. The lowest BCUT2D eigenvalue weighted by Gasteiger charge is -2.23. The number of benzene rings is 2. The lowest BCUT2D eigenvalue weighted by molar-refractivity contribution is 0.0734. The number of amides is 1. The number of carbonyl (C=O) groups excluding carboxylic acids is 1. The van der Waals surface area contributed by atoms with Gasteiger partial charge in [-0.05, 0) is 72.1 Å². The number of rotatable bonds is 9. The average molecular weight is 461 g/mol. The molecule has 0 aliphatic rings. The van der Waals surface area contributed by atoms with Crippen LogP contribution in [0.1, 0.15) is 31.2 Å². The average Bonchev–Trinajstić information content (AvgIpc) is 3.27. The molecule has 0 N–H and O–H groups in total. The second kappa shape index (κ2) is 10.9. The molecule has 2 aromatic carbocycles. The predicted octanol–water partition coefficient (Wildman–Crippen LogP) is 6.05. The van der Waals surface area contributed by atoms with Crippen LogP contribution in [0.3, 0.4) is 0 Å². The maximum absolute atomic E-state index is 13.3. The smallest absolute Gasteiger partial charge is 0.264 e. The van der Waals surface area contributed by atoms with Crippen LogP contribution in [0.25, 0.3) is 0 Å².